The van der Waals surface area contributed by atoms with Gasteiger partial charge in [0.1, 0.15) is 13.2 Å². The molecule has 0 amide bonds. The average molecular weight is 1150 g/mol. The Morgan fingerprint density at radius 1 is 0.253 bits per heavy atom. The van der Waals surface area contributed by atoms with Gasteiger partial charge < -0.3 is 14.2 Å². The van der Waals surface area contributed by atoms with E-state index in [2.05, 4.69) is 130 Å². The SMILES string of the molecule is CC/C=C\C/C=C\C/C=C\C/C=C\CCCCCCCCCCCCCCCCCCCCCCCCC(=O)OCC(COC(=O)CCCCCCC/C=C\CCCCCC)OC(=O)CCCCCC/C=C\C/C=C\C/C=C\C/C=C\CC. The van der Waals surface area contributed by atoms with E-state index in [4.69, 9.17) is 14.2 Å². The monoisotopic (exact) mass is 1150 g/mol. The molecule has 83 heavy (non-hydrogen) atoms. The van der Waals surface area contributed by atoms with Crippen LogP contribution in [-0.4, -0.2) is 37.2 Å². The maximum Gasteiger partial charge on any atom is 0.306 e. The molecule has 0 aromatic carbocycles. The van der Waals surface area contributed by atoms with Gasteiger partial charge in [-0.3, -0.25) is 14.4 Å². The van der Waals surface area contributed by atoms with Gasteiger partial charge in [0.25, 0.3) is 0 Å². The fraction of sp³-hybridized carbons (Fsp3) is 0.727. The van der Waals surface area contributed by atoms with Crippen LogP contribution in [0.5, 0.6) is 0 Å². The van der Waals surface area contributed by atoms with Crippen LogP contribution in [0.2, 0.25) is 0 Å². The van der Waals surface area contributed by atoms with E-state index in [-0.39, 0.29) is 31.1 Å². The van der Waals surface area contributed by atoms with Crippen molar-refractivity contribution in [1.29, 1.82) is 0 Å². The Kier molecular flexibility index (Phi) is 67.2. The zero-order valence-electron chi connectivity index (χ0n) is 54.7. The fourth-order valence-corrected chi connectivity index (χ4v) is 10.0. The second kappa shape index (κ2) is 70.6. The Morgan fingerprint density at radius 3 is 0.747 bits per heavy atom. The predicted octanol–water partition coefficient (Wildman–Crippen LogP) is 24.6. The van der Waals surface area contributed by atoms with Crippen molar-refractivity contribution in [3.8, 4) is 0 Å². The van der Waals surface area contributed by atoms with Crippen molar-refractivity contribution in [2.24, 2.45) is 0 Å². The van der Waals surface area contributed by atoms with Gasteiger partial charge in [-0.1, -0.05) is 310 Å². The first-order chi connectivity index (χ1) is 41.0. The number of esters is 3. The summed E-state index contributed by atoms with van der Waals surface area (Å²) in [4.78, 5) is 38.3. The molecule has 0 aromatic rings. The molecule has 0 radical (unpaired) electrons. The fourth-order valence-electron chi connectivity index (χ4n) is 10.0. The summed E-state index contributed by atoms with van der Waals surface area (Å²) in [5.74, 6) is -0.907. The topological polar surface area (TPSA) is 78.9 Å². The minimum absolute atomic E-state index is 0.0875. The van der Waals surface area contributed by atoms with E-state index in [1.165, 1.54) is 173 Å². The number of unbranched alkanes of at least 4 members (excludes halogenated alkanes) is 35. The number of carbonyl (C=O) groups is 3. The van der Waals surface area contributed by atoms with Gasteiger partial charge in [0, 0.05) is 19.3 Å². The van der Waals surface area contributed by atoms with Crippen molar-refractivity contribution in [3.63, 3.8) is 0 Å². The summed E-state index contributed by atoms with van der Waals surface area (Å²) in [6.07, 6.45) is 97.1. The summed E-state index contributed by atoms with van der Waals surface area (Å²) in [6.45, 7) is 6.40. The second-order valence-corrected chi connectivity index (χ2v) is 23.4. The normalized spacial score (nSPS) is 12.8. The number of hydrogen-bond donors (Lipinski definition) is 0. The molecule has 0 bridgehead atoms. The van der Waals surface area contributed by atoms with Crippen molar-refractivity contribution in [2.45, 2.75) is 348 Å². The molecule has 0 fully saturated rings. The molecule has 6 heteroatoms. The highest BCUT2D eigenvalue weighted by Gasteiger charge is 2.19. The molecular weight excluding hydrogens is 1020 g/mol. The van der Waals surface area contributed by atoms with E-state index in [1.807, 2.05) is 0 Å². The lowest BCUT2D eigenvalue weighted by molar-refractivity contribution is -0.167. The summed E-state index contributed by atoms with van der Waals surface area (Å²) in [5, 5.41) is 0. The standard InChI is InChI=1S/C77H132O6/c1-4-7-10-13-16-19-22-25-27-29-30-31-32-33-34-35-36-37-38-39-40-41-42-43-44-45-46-48-49-52-55-58-61-64-67-70-76(79)82-73-74(72-81-75(78)69-66-63-60-57-54-51-24-21-18-15-12-9-6-3)83-77(80)71-68-65-62-59-56-53-50-47-28-26-23-20-17-14-11-8-5-2/h7-8,10-11,16-17,19-21,24-28,30-31,50,53,74H,4-6,9,12-15,18,22-23,29,32-49,51-52,54-73H2,1-3H3/b10-7-,11-8-,19-16-,20-17-,24-21-,27-25-,28-26-,31-30-,53-50-. The van der Waals surface area contributed by atoms with E-state index in [0.29, 0.717) is 19.3 Å². The maximum atomic E-state index is 12.9. The third-order valence-electron chi connectivity index (χ3n) is 15.2. The predicted molar refractivity (Wildman–Crippen MR) is 362 cm³/mol. The third-order valence-corrected chi connectivity index (χ3v) is 15.2. The highest BCUT2D eigenvalue weighted by Crippen LogP contribution is 2.17. The number of ether oxygens (including phenoxy) is 3. The van der Waals surface area contributed by atoms with Crippen LogP contribution >= 0.6 is 0 Å². The molecule has 6 nitrogen and oxygen atoms in total. The summed E-state index contributed by atoms with van der Waals surface area (Å²) in [7, 11) is 0. The Hall–Kier alpha value is -3.93. The molecule has 0 N–H and O–H groups in total. The Bertz CT molecular complexity index is 1660. The van der Waals surface area contributed by atoms with Crippen LogP contribution in [0.3, 0.4) is 0 Å². The van der Waals surface area contributed by atoms with Crippen molar-refractivity contribution in [1.82, 2.24) is 0 Å². The number of rotatable bonds is 64. The molecule has 0 saturated carbocycles. The maximum absolute atomic E-state index is 12.9. The smallest absolute Gasteiger partial charge is 0.306 e. The third kappa shape index (κ3) is 68.7. The lowest BCUT2D eigenvalue weighted by Crippen LogP contribution is -2.30. The van der Waals surface area contributed by atoms with Crippen LogP contribution in [0.4, 0.5) is 0 Å². The van der Waals surface area contributed by atoms with Gasteiger partial charge in [-0.2, -0.15) is 0 Å². The van der Waals surface area contributed by atoms with Crippen molar-refractivity contribution in [2.75, 3.05) is 13.2 Å². The van der Waals surface area contributed by atoms with Crippen LogP contribution < -0.4 is 0 Å². The van der Waals surface area contributed by atoms with E-state index in [9.17, 15) is 14.4 Å². The van der Waals surface area contributed by atoms with Gasteiger partial charge in [-0.25, -0.2) is 0 Å². The lowest BCUT2D eigenvalue weighted by Gasteiger charge is -2.18. The van der Waals surface area contributed by atoms with Gasteiger partial charge in [0.15, 0.2) is 6.10 Å². The molecule has 0 rings (SSSR count). The molecule has 0 spiro atoms. The van der Waals surface area contributed by atoms with E-state index in [0.717, 1.165) is 128 Å². The van der Waals surface area contributed by atoms with E-state index >= 15 is 0 Å². The van der Waals surface area contributed by atoms with Crippen LogP contribution in [0.1, 0.15) is 342 Å². The summed E-state index contributed by atoms with van der Waals surface area (Å²) >= 11 is 0. The molecule has 1 unspecified atom stereocenters. The summed E-state index contributed by atoms with van der Waals surface area (Å²) in [5.41, 5.74) is 0. The van der Waals surface area contributed by atoms with Crippen molar-refractivity contribution < 1.29 is 28.6 Å². The first-order valence-electron chi connectivity index (χ1n) is 35.4. The molecule has 476 valence electrons. The minimum Gasteiger partial charge on any atom is -0.462 e. The molecule has 0 aliphatic heterocycles. The lowest BCUT2D eigenvalue weighted by atomic mass is 10.0. The molecule has 0 aliphatic rings. The highest BCUT2D eigenvalue weighted by molar-refractivity contribution is 5.71. The second-order valence-electron chi connectivity index (χ2n) is 23.4. The number of allylic oxidation sites excluding steroid dienone is 18. The highest BCUT2D eigenvalue weighted by atomic mass is 16.6. The van der Waals surface area contributed by atoms with Crippen LogP contribution in [0.15, 0.2) is 109 Å². The Labute approximate surface area is 514 Å². The molecule has 0 heterocycles. The molecule has 0 aromatic heterocycles. The van der Waals surface area contributed by atoms with Gasteiger partial charge in [-0.05, 0) is 122 Å². The van der Waals surface area contributed by atoms with Gasteiger partial charge in [0.05, 0.1) is 0 Å². The first-order valence-corrected chi connectivity index (χ1v) is 35.4. The van der Waals surface area contributed by atoms with E-state index in [1.54, 1.807) is 0 Å². The van der Waals surface area contributed by atoms with Gasteiger partial charge in [-0.15, -0.1) is 0 Å². The Morgan fingerprint density at radius 2 is 0.470 bits per heavy atom. The van der Waals surface area contributed by atoms with Crippen LogP contribution in [0.25, 0.3) is 0 Å². The average Bonchev–Trinajstić information content (AvgIpc) is 3.49. The van der Waals surface area contributed by atoms with E-state index < -0.39 is 6.10 Å². The molecular formula is C77H132O6. The molecule has 0 saturated heterocycles. The van der Waals surface area contributed by atoms with Crippen LogP contribution in [-0.2, 0) is 28.6 Å². The Balaban J connectivity index is 4.14. The minimum atomic E-state index is -0.794. The van der Waals surface area contributed by atoms with Crippen molar-refractivity contribution in [3.05, 3.63) is 109 Å². The summed E-state index contributed by atoms with van der Waals surface area (Å²) < 4.78 is 16.9. The number of hydrogen-bond acceptors (Lipinski definition) is 6. The number of carbonyl (C=O) groups excluding carboxylic acids is 3. The molecule has 1 atom stereocenters. The zero-order chi connectivity index (χ0) is 59.9. The van der Waals surface area contributed by atoms with Gasteiger partial charge in [0.2, 0.25) is 0 Å². The van der Waals surface area contributed by atoms with Crippen molar-refractivity contribution >= 4 is 17.9 Å². The first kappa shape index (κ1) is 79.1. The van der Waals surface area contributed by atoms with Crippen LogP contribution in [0, 0.1) is 0 Å². The van der Waals surface area contributed by atoms with Gasteiger partial charge >= 0.3 is 17.9 Å². The zero-order valence-corrected chi connectivity index (χ0v) is 54.7. The summed E-state index contributed by atoms with van der Waals surface area (Å²) in [6, 6.07) is 0. The quantitative estimate of drug-likeness (QED) is 0.0261. The largest absolute Gasteiger partial charge is 0.462 e. The molecule has 0 aliphatic carbocycles.